The van der Waals surface area contributed by atoms with Gasteiger partial charge in [0.25, 0.3) is 0 Å². The summed E-state index contributed by atoms with van der Waals surface area (Å²) in [7, 11) is 0. The van der Waals surface area contributed by atoms with Crippen molar-refractivity contribution in [3.63, 3.8) is 0 Å². The van der Waals surface area contributed by atoms with Gasteiger partial charge in [-0.05, 0) is 42.7 Å². The molecule has 0 amide bonds. The number of hydrogen-bond donors (Lipinski definition) is 2. The number of fused-ring (bicyclic) bond motifs is 2. The summed E-state index contributed by atoms with van der Waals surface area (Å²) in [5.41, 5.74) is 6.07. The largest absolute Gasteiger partial charge is 0.392 e. The molecule has 5 heterocycles. The predicted octanol–water partition coefficient (Wildman–Crippen LogP) is 6.75. The maximum absolute atomic E-state index is 12.4. The number of Topliss-reactive ketones (excluding diaryl/α,β-unsaturated/α-hetero) is 1. The highest BCUT2D eigenvalue weighted by Gasteiger charge is 2.23. The van der Waals surface area contributed by atoms with Gasteiger partial charge in [0.15, 0.2) is 11.6 Å². The number of aryl methyl sites for hydroxylation is 1. The number of hydrogen-bond acceptors (Lipinski definition) is 7. The lowest BCUT2D eigenvalue weighted by Crippen LogP contribution is -2.21. The molecule has 5 aromatic rings. The summed E-state index contributed by atoms with van der Waals surface area (Å²) in [5.74, 6) is 0.705. The van der Waals surface area contributed by atoms with Gasteiger partial charge in [-0.2, -0.15) is 5.10 Å². The fourth-order valence-electron chi connectivity index (χ4n) is 5.86. The monoisotopic (exact) mass is 598 g/mol. The number of nitrogens with one attached hydrogen (secondary N) is 1. The lowest BCUT2D eigenvalue weighted by atomic mass is 10.00. The third-order valence-electron chi connectivity index (χ3n) is 7.97. The fraction of sp³-hybridized carbons (Fsp3) is 0.250. The minimum Gasteiger partial charge on any atom is -0.392 e. The molecular formula is C32H28Cl2N6O2. The van der Waals surface area contributed by atoms with Crippen LogP contribution in [0.3, 0.4) is 0 Å². The number of aliphatic hydroxyl groups excluding tert-OH is 1. The fourth-order valence-corrected chi connectivity index (χ4v) is 6.46. The number of carbonyl (C=O) groups excluding carboxylic acids is 1. The van der Waals surface area contributed by atoms with Gasteiger partial charge in [0.2, 0.25) is 0 Å². The maximum Gasteiger partial charge on any atom is 0.180 e. The van der Waals surface area contributed by atoms with Crippen molar-refractivity contribution in [3.05, 3.63) is 88.3 Å². The predicted molar refractivity (Wildman–Crippen MR) is 165 cm³/mol. The molecule has 212 valence electrons. The third-order valence-corrected chi connectivity index (χ3v) is 8.78. The number of pyridine rings is 2. The number of halogens is 2. The molecule has 1 saturated heterocycles. The van der Waals surface area contributed by atoms with E-state index in [9.17, 15) is 9.90 Å². The van der Waals surface area contributed by atoms with Gasteiger partial charge < -0.3 is 10.4 Å². The van der Waals surface area contributed by atoms with Crippen LogP contribution in [0.1, 0.15) is 35.3 Å². The Morgan fingerprint density at radius 1 is 0.976 bits per heavy atom. The van der Waals surface area contributed by atoms with Gasteiger partial charge in [0.1, 0.15) is 11.2 Å². The number of nitrogens with zero attached hydrogens (tertiary/aromatic N) is 5. The second-order valence-corrected chi connectivity index (χ2v) is 11.6. The van der Waals surface area contributed by atoms with Crippen LogP contribution in [0.4, 0.5) is 11.5 Å². The Balaban J connectivity index is 1.19. The summed E-state index contributed by atoms with van der Waals surface area (Å²) < 4.78 is 1.77. The molecule has 2 aliphatic rings. The smallest absolute Gasteiger partial charge is 0.180 e. The van der Waals surface area contributed by atoms with Crippen LogP contribution in [0.5, 0.6) is 0 Å². The van der Waals surface area contributed by atoms with Gasteiger partial charge in [0.05, 0.1) is 27.5 Å². The van der Waals surface area contributed by atoms with Crippen LogP contribution in [0, 0.1) is 0 Å². The SMILES string of the molecule is O=C1CCCn2nc(-c3cccc(-c4cccc(Nc5nccc6cc(CN7CC[C@@H](O)C7)cnc56)c4Cl)c3Cl)cc21. The van der Waals surface area contributed by atoms with Crippen LogP contribution in [0.15, 0.2) is 67.0 Å². The van der Waals surface area contributed by atoms with E-state index in [1.54, 1.807) is 10.9 Å². The van der Waals surface area contributed by atoms with Gasteiger partial charge in [0, 0.05) is 67.1 Å². The van der Waals surface area contributed by atoms with E-state index in [1.165, 1.54) is 0 Å². The number of benzene rings is 2. The first-order valence-electron chi connectivity index (χ1n) is 14.0. The highest BCUT2D eigenvalue weighted by atomic mass is 35.5. The van der Waals surface area contributed by atoms with Crippen molar-refractivity contribution in [2.45, 2.75) is 38.5 Å². The van der Waals surface area contributed by atoms with Gasteiger partial charge in [-0.15, -0.1) is 0 Å². The molecule has 3 aromatic heterocycles. The second-order valence-electron chi connectivity index (χ2n) is 10.9. The first kappa shape index (κ1) is 27.0. The highest BCUT2D eigenvalue weighted by molar-refractivity contribution is 6.39. The van der Waals surface area contributed by atoms with E-state index in [4.69, 9.17) is 28.2 Å². The van der Waals surface area contributed by atoms with Crippen LogP contribution in [-0.4, -0.2) is 54.7 Å². The van der Waals surface area contributed by atoms with Crippen LogP contribution >= 0.6 is 23.2 Å². The van der Waals surface area contributed by atoms with Crippen molar-refractivity contribution >= 4 is 51.4 Å². The lowest BCUT2D eigenvalue weighted by Gasteiger charge is -2.16. The van der Waals surface area contributed by atoms with Crippen molar-refractivity contribution in [2.75, 3.05) is 18.4 Å². The molecule has 0 saturated carbocycles. The van der Waals surface area contributed by atoms with Crippen LogP contribution < -0.4 is 5.32 Å². The first-order valence-corrected chi connectivity index (χ1v) is 14.8. The number of aliphatic hydroxyl groups is 1. The summed E-state index contributed by atoms with van der Waals surface area (Å²) in [6.07, 6.45) is 5.51. The number of β-amino-alcohol motifs (C(OH)–C–C–N with tert-alkyl or cyclic N) is 1. The number of ketones is 1. The lowest BCUT2D eigenvalue weighted by molar-refractivity contribution is 0.0951. The molecule has 2 N–H and O–H groups in total. The molecule has 1 fully saturated rings. The normalized spacial score (nSPS) is 17.1. The van der Waals surface area contributed by atoms with Crippen molar-refractivity contribution in [3.8, 4) is 22.4 Å². The number of carbonyl (C=O) groups is 1. The number of anilines is 2. The summed E-state index contributed by atoms with van der Waals surface area (Å²) in [6.45, 7) is 3.04. The Morgan fingerprint density at radius 2 is 1.79 bits per heavy atom. The average Bonchev–Trinajstić information content (AvgIpc) is 3.61. The van der Waals surface area contributed by atoms with E-state index in [0.717, 1.165) is 65.6 Å². The van der Waals surface area contributed by atoms with E-state index < -0.39 is 0 Å². The molecule has 0 aliphatic carbocycles. The first-order chi connectivity index (χ1) is 20.4. The Morgan fingerprint density at radius 3 is 2.60 bits per heavy atom. The van der Waals surface area contributed by atoms with Gasteiger partial charge in [-0.1, -0.05) is 53.5 Å². The minimum atomic E-state index is -0.252. The Bertz CT molecular complexity index is 1840. The molecule has 2 aliphatic heterocycles. The number of aromatic nitrogens is 4. The van der Waals surface area contributed by atoms with Crippen LogP contribution in [0.2, 0.25) is 10.0 Å². The minimum absolute atomic E-state index is 0.105. The standard InChI is InChI=1S/C32H28Cl2N6O2/c33-29-22(4-1-6-24(29)26-15-27-28(42)8-3-12-40(27)38-26)23-5-2-7-25(30(23)34)37-32-31-20(9-11-35-32)14-19(16-36-31)17-39-13-10-21(41)18-39/h1-2,4-7,9,11,14-16,21,41H,3,8,10,12-13,17-18H2,(H,35,37)/t21-/m1/s1. The molecule has 1 atom stereocenters. The summed E-state index contributed by atoms with van der Waals surface area (Å²) in [5, 5.41) is 19.9. The van der Waals surface area contributed by atoms with Crippen molar-refractivity contribution in [1.82, 2.24) is 24.6 Å². The zero-order valence-corrected chi connectivity index (χ0v) is 24.2. The summed E-state index contributed by atoms with van der Waals surface area (Å²) in [4.78, 5) is 23.9. The van der Waals surface area contributed by atoms with Crippen molar-refractivity contribution < 1.29 is 9.90 Å². The molecule has 0 radical (unpaired) electrons. The molecule has 2 aromatic carbocycles. The van der Waals surface area contributed by atoms with E-state index in [1.807, 2.05) is 54.7 Å². The van der Waals surface area contributed by atoms with Gasteiger partial charge in [-0.25, -0.2) is 4.98 Å². The molecule has 42 heavy (non-hydrogen) atoms. The van der Waals surface area contributed by atoms with E-state index in [0.29, 0.717) is 45.9 Å². The zero-order chi connectivity index (χ0) is 28.8. The third kappa shape index (κ3) is 5.05. The molecular weight excluding hydrogens is 571 g/mol. The topological polar surface area (TPSA) is 96.2 Å². The van der Waals surface area contributed by atoms with Crippen molar-refractivity contribution in [2.24, 2.45) is 0 Å². The maximum atomic E-state index is 12.4. The van der Waals surface area contributed by atoms with Crippen LogP contribution in [0.25, 0.3) is 33.3 Å². The molecule has 10 heteroatoms. The Labute approximate surface area is 252 Å². The highest BCUT2D eigenvalue weighted by Crippen LogP contribution is 2.42. The number of likely N-dealkylation sites (tertiary alicyclic amines) is 1. The zero-order valence-electron chi connectivity index (χ0n) is 22.7. The second kappa shape index (κ2) is 11.1. The number of rotatable bonds is 6. The molecule has 8 nitrogen and oxygen atoms in total. The van der Waals surface area contributed by atoms with Crippen LogP contribution in [-0.2, 0) is 13.1 Å². The van der Waals surface area contributed by atoms with Gasteiger partial charge >= 0.3 is 0 Å². The van der Waals surface area contributed by atoms with Gasteiger partial charge in [-0.3, -0.25) is 19.4 Å². The molecule has 0 unspecified atom stereocenters. The summed E-state index contributed by atoms with van der Waals surface area (Å²) >= 11 is 14.0. The van der Waals surface area contributed by atoms with E-state index in [2.05, 4.69) is 26.4 Å². The average molecular weight is 600 g/mol. The Hall–Kier alpha value is -3.82. The van der Waals surface area contributed by atoms with Crippen molar-refractivity contribution in [1.29, 1.82) is 0 Å². The summed E-state index contributed by atoms with van der Waals surface area (Å²) in [6, 6.07) is 17.4. The Kier molecular flexibility index (Phi) is 7.15. The van der Waals surface area contributed by atoms with E-state index >= 15 is 0 Å². The molecule has 0 bridgehead atoms. The molecule has 7 rings (SSSR count). The van der Waals surface area contributed by atoms with E-state index in [-0.39, 0.29) is 11.9 Å². The molecule has 0 spiro atoms. The quantitative estimate of drug-likeness (QED) is 0.223.